The molecule has 4 nitrogen and oxygen atoms in total. The second-order valence-corrected chi connectivity index (χ2v) is 5.59. The fourth-order valence-corrected chi connectivity index (χ4v) is 3.06. The minimum absolute atomic E-state index is 0.279. The molecule has 5 heteroatoms. The first-order valence-corrected chi connectivity index (χ1v) is 7.77. The van der Waals surface area contributed by atoms with Crippen LogP contribution in [0.15, 0.2) is 48.5 Å². The van der Waals surface area contributed by atoms with Crippen molar-refractivity contribution in [1.82, 2.24) is 0 Å². The minimum atomic E-state index is -0.678. The fourth-order valence-electron chi connectivity index (χ4n) is 2.69. The summed E-state index contributed by atoms with van der Waals surface area (Å²) in [4.78, 5) is 24.1. The molecule has 3 rings (SSSR count). The molecule has 1 aliphatic heterocycles. The van der Waals surface area contributed by atoms with Crippen LogP contribution in [0, 0.1) is 0 Å². The van der Waals surface area contributed by atoms with Crippen LogP contribution in [-0.2, 0) is 9.47 Å². The zero-order valence-corrected chi connectivity index (χ0v) is 13.2. The smallest absolute Gasteiger partial charge is 0.339 e. The fraction of sp³-hybridized carbons (Fsp3) is 0.222. The zero-order valence-electron chi connectivity index (χ0n) is 12.5. The number of benzene rings is 2. The summed E-state index contributed by atoms with van der Waals surface area (Å²) in [6.45, 7) is 2.02. The lowest BCUT2D eigenvalue weighted by Gasteiger charge is -2.20. The van der Waals surface area contributed by atoms with Gasteiger partial charge in [0.2, 0.25) is 0 Å². The monoisotopic (exact) mass is 330 g/mol. The highest BCUT2D eigenvalue weighted by Crippen LogP contribution is 2.44. The number of carbonyl (C=O) groups excluding carboxylic acids is 2. The van der Waals surface area contributed by atoms with Crippen LogP contribution in [0.4, 0.5) is 0 Å². The number of hydrogen-bond donors (Lipinski definition) is 0. The summed E-state index contributed by atoms with van der Waals surface area (Å²) in [6, 6.07) is 14.1. The van der Waals surface area contributed by atoms with Gasteiger partial charge in [0.15, 0.2) is 0 Å². The molecule has 0 amide bonds. The molecule has 0 N–H and O–H groups in total. The van der Waals surface area contributed by atoms with Crippen molar-refractivity contribution >= 4 is 23.5 Å². The number of hydrogen-bond acceptors (Lipinski definition) is 4. The van der Waals surface area contributed by atoms with Crippen molar-refractivity contribution in [1.29, 1.82) is 0 Å². The molecule has 2 atom stereocenters. The Labute approximate surface area is 139 Å². The predicted octanol–water partition coefficient (Wildman–Crippen LogP) is 4.05. The number of alkyl halides is 1. The van der Waals surface area contributed by atoms with Crippen LogP contribution in [0.1, 0.15) is 50.2 Å². The van der Waals surface area contributed by atoms with Gasteiger partial charge in [-0.3, -0.25) is 0 Å². The zero-order chi connectivity index (χ0) is 16.4. The van der Waals surface area contributed by atoms with E-state index in [0.717, 1.165) is 5.56 Å². The molecule has 0 fully saturated rings. The average molecular weight is 331 g/mol. The molecular weight excluding hydrogens is 316 g/mol. The van der Waals surface area contributed by atoms with E-state index in [-0.39, 0.29) is 6.61 Å². The number of esters is 2. The van der Waals surface area contributed by atoms with E-state index in [4.69, 9.17) is 21.1 Å². The van der Waals surface area contributed by atoms with Crippen LogP contribution < -0.4 is 0 Å². The number of carbonyl (C=O) groups is 2. The van der Waals surface area contributed by atoms with Crippen molar-refractivity contribution in [3.05, 3.63) is 70.8 Å². The Kier molecular flexibility index (Phi) is 4.35. The van der Waals surface area contributed by atoms with E-state index < -0.39 is 23.4 Å². The van der Waals surface area contributed by atoms with E-state index in [9.17, 15) is 9.59 Å². The van der Waals surface area contributed by atoms with Gasteiger partial charge in [-0.05, 0) is 24.6 Å². The van der Waals surface area contributed by atoms with Gasteiger partial charge in [0.1, 0.15) is 11.5 Å². The van der Waals surface area contributed by atoms with Gasteiger partial charge in [-0.1, -0.05) is 36.4 Å². The van der Waals surface area contributed by atoms with E-state index in [2.05, 4.69) is 0 Å². The quantitative estimate of drug-likeness (QED) is 0.626. The van der Waals surface area contributed by atoms with Crippen molar-refractivity contribution in [3.8, 4) is 0 Å². The number of rotatable bonds is 4. The Balaban J connectivity index is 1.98. The Morgan fingerprint density at radius 1 is 1.22 bits per heavy atom. The van der Waals surface area contributed by atoms with Crippen LogP contribution in [0.3, 0.4) is 0 Å². The van der Waals surface area contributed by atoms with Gasteiger partial charge in [0.25, 0.3) is 0 Å². The van der Waals surface area contributed by atoms with Gasteiger partial charge < -0.3 is 9.47 Å². The summed E-state index contributed by atoms with van der Waals surface area (Å²) in [5.41, 5.74) is 2.21. The molecule has 1 heterocycles. The van der Waals surface area contributed by atoms with Crippen LogP contribution in [-0.4, -0.2) is 18.5 Å². The molecule has 0 unspecified atom stereocenters. The third-order valence-corrected chi connectivity index (χ3v) is 4.20. The van der Waals surface area contributed by atoms with Crippen LogP contribution >= 0.6 is 11.6 Å². The number of ether oxygens (including phenoxy) is 2. The van der Waals surface area contributed by atoms with Crippen molar-refractivity contribution in [2.45, 2.75) is 18.4 Å². The first-order chi connectivity index (χ1) is 11.1. The maximum atomic E-state index is 12.1. The number of fused-ring (bicyclic) bond motifs is 1. The topological polar surface area (TPSA) is 52.6 Å². The molecule has 0 spiro atoms. The van der Waals surface area contributed by atoms with Gasteiger partial charge in [0, 0.05) is 5.56 Å². The molecule has 2 aromatic carbocycles. The third-order valence-electron chi connectivity index (χ3n) is 3.74. The van der Waals surface area contributed by atoms with Gasteiger partial charge in [-0.2, -0.15) is 0 Å². The summed E-state index contributed by atoms with van der Waals surface area (Å²) in [5, 5.41) is -0.678. The van der Waals surface area contributed by atoms with Crippen LogP contribution in [0.2, 0.25) is 0 Å². The molecular formula is C18H15ClO4. The average Bonchev–Trinajstić information content (AvgIpc) is 2.92. The molecule has 0 saturated heterocycles. The molecule has 118 valence electrons. The van der Waals surface area contributed by atoms with Crippen molar-refractivity contribution in [3.63, 3.8) is 0 Å². The van der Waals surface area contributed by atoms with Crippen molar-refractivity contribution < 1.29 is 19.1 Å². The highest BCUT2D eigenvalue weighted by molar-refractivity contribution is 6.22. The second kappa shape index (κ2) is 6.42. The Hall–Kier alpha value is -2.33. The molecule has 1 aliphatic rings. The van der Waals surface area contributed by atoms with Gasteiger partial charge in [0.05, 0.1) is 17.7 Å². The highest BCUT2D eigenvalue weighted by Gasteiger charge is 2.37. The molecule has 2 aromatic rings. The molecule has 0 radical (unpaired) electrons. The summed E-state index contributed by atoms with van der Waals surface area (Å²) in [5.74, 6) is -0.837. The summed E-state index contributed by atoms with van der Waals surface area (Å²) in [6.07, 6.45) is -0.629. The van der Waals surface area contributed by atoms with E-state index >= 15 is 0 Å². The van der Waals surface area contributed by atoms with Crippen molar-refractivity contribution in [2.24, 2.45) is 0 Å². The number of halogens is 1. The standard InChI is InChI=1S/C18H15ClO4/c1-2-22-17(20)13-9-5-3-7-11(13)15(19)16-12-8-4-6-10-14(12)18(21)23-16/h3-10,15-16H,2H2,1H3/t15-,16-/m0/s1. The maximum Gasteiger partial charge on any atom is 0.339 e. The maximum absolute atomic E-state index is 12.1. The van der Waals surface area contributed by atoms with E-state index in [1.165, 1.54) is 0 Å². The summed E-state index contributed by atoms with van der Waals surface area (Å²) < 4.78 is 10.5. The number of cyclic esters (lactones) is 1. The lowest BCUT2D eigenvalue weighted by Crippen LogP contribution is -2.13. The van der Waals surface area contributed by atoms with Gasteiger partial charge in [-0.15, -0.1) is 11.6 Å². The minimum Gasteiger partial charge on any atom is -0.462 e. The molecule has 23 heavy (non-hydrogen) atoms. The SMILES string of the molecule is CCOC(=O)c1ccccc1[C@H](Cl)[C@H]1OC(=O)c2ccccc21. The molecule has 0 aliphatic carbocycles. The third kappa shape index (κ3) is 2.82. The van der Waals surface area contributed by atoms with E-state index in [1.807, 2.05) is 12.1 Å². The molecule has 0 aromatic heterocycles. The van der Waals surface area contributed by atoms with E-state index in [1.54, 1.807) is 43.3 Å². The van der Waals surface area contributed by atoms with Gasteiger partial charge in [-0.25, -0.2) is 9.59 Å². The summed E-state index contributed by atoms with van der Waals surface area (Å²) in [7, 11) is 0. The first-order valence-electron chi connectivity index (χ1n) is 7.33. The predicted molar refractivity (Wildman–Crippen MR) is 85.6 cm³/mol. The lowest BCUT2D eigenvalue weighted by atomic mass is 9.96. The van der Waals surface area contributed by atoms with Crippen LogP contribution in [0.5, 0.6) is 0 Å². The Morgan fingerprint density at radius 2 is 1.91 bits per heavy atom. The molecule has 0 bridgehead atoms. The first kappa shape index (κ1) is 15.6. The van der Waals surface area contributed by atoms with E-state index in [0.29, 0.717) is 16.7 Å². The van der Waals surface area contributed by atoms with Crippen LogP contribution in [0.25, 0.3) is 0 Å². The molecule has 0 saturated carbocycles. The highest BCUT2D eigenvalue weighted by atomic mass is 35.5. The lowest BCUT2D eigenvalue weighted by molar-refractivity contribution is 0.0375. The largest absolute Gasteiger partial charge is 0.462 e. The summed E-state index contributed by atoms with van der Waals surface area (Å²) >= 11 is 6.57. The van der Waals surface area contributed by atoms with Gasteiger partial charge >= 0.3 is 11.9 Å². The Bertz CT molecular complexity index is 756. The second-order valence-electron chi connectivity index (χ2n) is 5.12. The Morgan fingerprint density at radius 3 is 2.70 bits per heavy atom. The normalized spacial score (nSPS) is 17.3. The van der Waals surface area contributed by atoms with Crippen molar-refractivity contribution in [2.75, 3.05) is 6.61 Å².